The normalized spacial score (nSPS) is 14.2. The Bertz CT molecular complexity index is 1340. The summed E-state index contributed by atoms with van der Waals surface area (Å²) in [6.07, 6.45) is 4.93. The number of benzene rings is 2. The molecular formula is C27H31N7O3. The second-order valence-electron chi connectivity index (χ2n) is 8.69. The first-order valence-electron chi connectivity index (χ1n) is 12.1. The van der Waals surface area contributed by atoms with Gasteiger partial charge in [-0.3, -0.25) is 9.98 Å². The third kappa shape index (κ3) is 6.26. The minimum Gasteiger partial charge on any atom is -0.493 e. The van der Waals surface area contributed by atoms with E-state index in [1.807, 2.05) is 38.1 Å². The van der Waals surface area contributed by atoms with Crippen LogP contribution in [-0.4, -0.2) is 62.2 Å². The fourth-order valence-corrected chi connectivity index (χ4v) is 3.78. The summed E-state index contributed by atoms with van der Waals surface area (Å²) in [7, 11) is 1.57. The maximum absolute atomic E-state index is 10.0. The molecule has 0 amide bonds. The van der Waals surface area contributed by atoms with Gasteiger partial charge >= 0.3 is 0 Å². The molecule has 10 heteroatoms. The van der Waals surface area contributed by atoms with Gasteiger partial charge in [0.25, 0.3) is 0 Å². The first-order chi connectivity index (χ1) is 18.0. The van der Waals surface area contributed by atoms with E-state index in [1.165, 1.54) is 6.20 Å². The van der Waals surface area contributed by atoms with Crippen molar-refractivity contribution in [2.75, 3.05) is 50.2 Å². The highest BCUT2D eigenvalue weighted by molar-refractivity contribution is 5.89. The number of methoxy groups -OCH3 is 1. The van der Waals surface area contributed by atoms with Crippen molar-refractivity contribution in [1.29, 1.82) is 5.26 Å². The number of nitrogens with two attached hydrogens (primary N) is 1. The van der Waals surface area contributed by atoms with Crippen LogP contribution in [0.5, 0.6) is 11.5 Å². The number of anilines is 3. The summed E-state index contributed by atoms with van der Waals surface area (Å²) in [5.74, 6) is 1.83. The molecule has 0 bridgehead atoms. The number of hydrogen-bond acceptors (Lipinski definition) is 10. The van der Waals surface area contributed by atoms with Crippen LogP contribution in [0.25, 0.3) is 11.0 Å². The largest absolute Gasteiger partial charge is 0.493 e. The van der Waals surface area contributed by atoms with Crippen molar-refractivity contribution < 1.29 is 14.2 Å². The molecule has 0 spiro atoms. The van der Waals surface area contributed by atoms with Gasteiger partial charge in [-0.25, -0.2) is 4.98 Å². The number of nitrogens with one attached hydrogen (secondary N) is 1. The van der Waals surface area contributed by atoms with Crippen LogP contribution in [-0.2, 0) is 4.74 Å². The van der Waals surface area contributed by atoms with Crippen molar-refractivity contribution in [1.82, 2.24) is 9.97 Å². The van der Waals surface area contributed by atoms with Crippen molar-refractivity contribution in [2.45, 2.75) is 19.9 Å². The number of nitriles is 1. The minimum atomic E-state index is 0.167. The number of rotatable bonds is 9. The van der Waals surface area contributed by atoms with Gasteiger partial charge in [-0.15, -0.1) is 0 Å². The molecule has 1 aromatic heterocycles. The molecule has 1 fully saturated rings. The summed E-state index contributed by atoms with van der Waals surface area (Å²) in [5, 5.41) is 13.3. The van der Waals surface area contributed by atoms with Crippen LogP contribution in [0.4, 0.5) is 17.2 Å². The van der Waals surface area contributed by atoms with Crippen molar-refractivity contribution >= 4 is 34.4 Å². The van der Waals surface area contributed by atoms with Crippen LogP contribution in [0.1, 0.15) is 19.4 Å². The molecule has 0 unspecified atom stereocenters. The van der Waals surface area contributed by atoms with E-state index in [0.29, 0.717) is 47.0 Å². The summed E-state index contributed by atoms with van der Waals surface area (Å²) >= 11 is 0. The molecule has 1 aliphatic heterocycles. The van der Waals surface area contributed by atoms with E-state index in [1.54, 1.807) is 25.6 Å². The SMILES string of the molecule is COc1cc(Nc2ccc3ncc(N4CCOCC4)nc3c2C#N)ccc1OC/C(C=NC(C)C)=C/N. The van der Waals surface area contributed by atoms with Gasteiger partial charge in [-0.05, 0) is 38.1 Å². The van der Waals surface area contributed by atoms with Gasteiger partial charge in [0.05, 0.1) is 37.7 Å². The van der Waals surface area contributed by atoms with Gasteiger partial charge < -0.3 is 30.2 Å². The minimum absolute atomic E-state index is 0.167. The van der Waals surface area contributed by atoms with Crippen molar-refractivity contribution in [3.05, 3.63) is 53.9 Å². The Labute approximate surface area is 216 Å². The Morgan fingerprint density at radius 2 is 2.08 bits per heavy atom. The van der Waals surface area contributed by atoms with Crippen molar-refractivity contribution in [3.8, 4) is 17.6 Å². The zero-order chi connectivity index (χ0) is 26.2. The van der Waals surface area contributed by atoms with Crippen molar-refractivity contribution in [2.24, 2.45) is 10.7 Å². The van der Waals surface area contributed by atoms with E-state index in [9.17, 15) is 5.26 Å². The lowest BCUT2D eigenvalue weighted by Gasteiger charge is -2.27. The molecule has 37 heavy (non-hydrogen) atoms. The van der Waals surface area contributed by atoms with Crippen LogP contribution in [0.15, 0.2) is 53.3 Å². The molecule has 1 aliphatic rings. The van der Waals surface area contributed by atoms with Crippen molar-refractivity contribution in [3.63, 3.8) is 0 Å². The van der Waals surface area contributed by atoms with Gasteiger partial charge in [0.1, 0.15) is 29.6 Å². The van der Waals surface area contributed by atoms with E-state index in [-0.39, 0.29) is 12.6 Å². The average molecular weight is 502 g/mol. The zero-order valence-electron chi connectivity index (χ0n) is 21.3. The molecule has 3 N–H and O–H groups in total. The number of morpholine rings is 1. The maximum Gasteiger partial charge on any atom is 0.162 e. The number of aliphatic imine (C=N–C) groups is 1. The molecule has 0 radical (unpaired) electrons. The summed E-state index contributed by atoms with van der Waals surface area (Å²) in [4.78, 5) is 15.8. The molecule has 0 atom stereocenters. The van der Waals surface area contributed by atoms with E-state index in [2.05, 4.69) is 26.3 Å². The Kier molecular flexibility index (Phi) is 8.38. The summed E-state index contributed by atoms with van der Waals surface area (Å²) in [6, 6.07) is 11.6. The smallest absolute Gasteiger partial charge is 0.162 e. The van der Waals surface area contributed by atoms with E-state index in [4.69, 9.17) is 24.9 Å². The average Bonchev–Trinajstić information content (AvgIpc) is 2.93. The van der Waals surface area contributed by atoms with E-state index >= 15 is 0 Å². The second kappa shape index (κ2) is 12.1. The predicted octanol–water partition coefficient (Wildman–Crippen LogP) is 3.79. The second-order valence-corrected chi connectivity index (χ2v) is 8.69. The highest BCUT2D eigenvalue weighted by atomic mass is 16.5. The maximum atomic E-state index is 10.0. The van der Waals surface area contributed by atoms with E-state index < -0.39 is 0 Å². The standard InChI is InChI=1S/C27H31N7O3/c1-18(2)30-15-19(13-28)17-37-24-7-4-20(12-25(24)35-3)32-22-5-6-23-27(21(22)14-29)33-26(16-31-23)34-8-10-36-11-9-34/h4-7,12-13,15-16,18,32H,8-11,17,28H2,1-3H3/b19-13+,30-15?. The molecule has 0 saturated carbocycles. The van der Waals surface area contributed by atoms with Gasteiger partial charge in [-0.1, -0.05) is 0 Å². The quantitative estimate of drug-likeness (QED) is 0.420. The molecule has 3 aromatic rings. The Balaban J connectivity index is 1.56. The Hall–Kier alpha value is -4.36. The summed E-state index contributed by atoms with van der Waals surface area (Å²) < 4.78 is 16.9. The highest BCUT2D eigenvalue weighted by Crippen LogP contribution is 2.33. The molecule has 192 valence electrons. The molecule has 10 nitrogen and oxygen atoms in total. The fraction of sp³-hybridized carbons (Fsp3) is 0.333. The molecule has 0 aliphatic carbocycles. The van der Waals surface area contributed by atoms with Gasteiger partial charge in [-0.2, -0.15) is 5.26 Å². The topological polar surface area (TPSA) is 131 Å². The van der Waals surface area contributed by atoms with Crippen LogP contribution < -0.4 is 25.4 Å². The predicted molar refractivity (Wildman–Crippen MR) is 145 cm³/mol. The fourth-order valence-electron chi connectivity index (χ4n) is 3.78. The van der Waals surface area contributed by atoms with Crippen LogP contribution in [0, 0.1) is 11.3 Å². The summed E-state index contributed by atoms with van der Waals surface area (Å²) in [6.45, 7) is 6.99. The number of nitrogens with zero attached hydrogens (tertiary/aromatic N) is 5. The summed E-state index contributed by atoms with van der Waals surface area (Å²) in [5.41, 5.74) is 9.44. The zero-order valence-corrected chi connectivity index (χ0v) is 21.3. The first-order valence-corrected chi connectivity index (χ1v) is 12.1. The lowest BCUT2D eigenvalue weighted by Crippen LogP contribution is -2.36. The lowest BCUT2D eigenvalue weighted by molar-refractivity contribution is 0.122. The molecule has 2 aromatic carbocycles. The van der Waals surface area contributed by atoms with Gasteiger partial charge in [0, 0.05) is 48.9 Å². The Morgan fingerprint density at radius 1 is 1.27 bits per heavy atom. The van der Waals surface area contributed by atoms with Crippen LogP contribution in [0.2, 0.25) is 0 Å². The third-order valence-corrected chi connectivity index (χ3v) is 5.74. The molecule has 2 heterocycles. The highest BCUT2D eigenvalue weighted by Gasteiger charge is 2.17. The first kappa shape index (κ1) is 25.7. The number of hydrogen-bond donors (Lipinski definition) is 2. The number of aromatic nitrogens is 2. The number of ether oxygens (including phenoxy) is 3. The van der Waals surface area contributed by atoms with Crippen LogP contribution >= 0.6 is 0 Å². The monoisotopic (exact) mass is 501 g/mol. The van der Waals surface area contributed by atoms with Gasteiger partial charge in [0.2, 0.25) is 0 Å². The number of fused-ring (bicyclic) bond motifs is 1. The van der Waals surface area contributed by atoms with Gasteiger partial charge in [0.15, 0.2) is 11.5 Å². The van der Waals surface area contributed by atoms with Crippen LogP contribution in [0.3, 0.4) is 0 Å². The lowest BCUT2D eigenvalue weighted by atomic mass is 10.1. The van der Waals surface area contributed by atoms with E-state index in [0.717, 1.165) is 30.2 Å². The molecule has 1 saturated heterocycles. The molecule has 4 rings (SSSR count). The molecular weight excluding hydrogens is 470 g/mol. The third-order valence-electron chi connectivity index (χ3n) is 5.74. The Morgan fingerprint density at radius 3 is 2.78 bits per heavy atom.